The average Bonchev–Trinajstić information content (AvgIpc) is 2.32. The van der Waals surface area contributed by atoms with Crippen molar-refractivity contribution in [1.29, 1.82) is 0 Å². The number of carbonyl (C=O) groups is 1. The van der Waals surface area contributed by atoms with Crippen LogP contribution in [-0.2, 0) is 14.9 Å². The van der Waals surface area contributed by atoms with Gasteiger partial charge in [0.1, 0.15) is 11.5 Å². The van der Waals surface area contributed by atoms with Crippen molar-refractivity contribution < 1.29 is 24.1 Å². The van der Waals surface area contributed by atoms with Crippen LogP contribution >= 0.6 is 0 Å². The zero-order valence-electron chi connectivity index (χ0n) is 10.4. The summed E-state index contributed by atoms with van der Waals surface area (Å²) in [6.07, 6.45) is 0.0450. The van der Waals surface area contributed by atoms with Crippen LogP contribution in [0.15, 0.2) is 18.2 Å². The van der Waals surface area contributed by atoms with Crippen LogP contribution in [0.3, 0.4) is 0 Å². The fourth-order valence-electron chi connectivity index (χ4n) is 2.12. The molecular formula is C13H16O5. The van der Waals surface area contributed by atoms with E-state index in [1.165, 1.54) is 0 Å². The Morgan fingerprint density at radius 2 is 1.83 bits per heavy atom. The van der Waals surface area contributed by atoms with E-state index < -0.39 is 11.4 Å². The van der Waals surface area contributed by atoms with E-state index in [0.717, 1.165) is 5.56 Å². The van der Waals surface area contributed by atoms with E-state index in [1.807, 2.05) is 12.1 Å². The Balaban J connectivity index is 2.38. The van der Waals surface area contributed by atoms with Crippen LogP contribution in [0.2, 0.25) is 0 Å². The van der Waals surface area contributed by atoms with Gasteiger partial charge in [-0.05, 0) is 17.7 Å². The Kier molecular flexibility index (Phi) is 3.43. The van der Waals surface area contributed by atoms with Crippen LogP contribution in [0.5, 0.6) is 11.5 Å². The molecule has 0 spiro atoms. The number of rotatable bonds is 5. The highest BCUT2D eigenvalue weighted by Crippen LogP contribution is 2.39. The molecule has 0 bridgehead atoms. The quantitative estimate of drug-likeness (QED) is 0.859. The van der Waals surface area contributed by atoms with E-state index >= 15 is 0 Å². The molecular weight excluding hydrogens is 236 g/mol. The van der Waals surface area contributed by atoms with Crippen molar-refractivity contribution in [3.05, 3.63) is 23.8 Å². The molecule has 0 atom stereocenters. The molecule has 1 aromatic rings. The Bertz CT molecular complexity index is 428. The summed E-state index contributed by atoms with van der Waals surface area (Å²) in [5.41, 5.74) is 0.417. The molecule has 0 amide bonds. The monoisotopic (exact) mass is 252 g/mol. The molecule has 0 aromatic heterocycles. The Labute approximate surface area is 105 Å². The zero-order chi connectivity index (χ0) is 13.2. The van der Waals surface area contributed by atoms with Gasteiger partial charge in [0.2, 0.25) is 0 Å². The molecule has 5 heteroatoms. The van der Waals surface area contributed by atoms with Crippen molar-refractivity contribution in [2.24, 2.45) is 0 Å². The van der Waals surface area contributed by atoms with Gasteiger partial charge in [0.15, 0.2) is 0 Å². The summed E-state index contributed by atoms with van der Waals surface area (Å²) in [5.74, 6) is 0.474. The minimum Gasteiger partial charge on any atom is -0.497 e. The van der Waals surface area contributed by atoms with Crippen molar-refractivity contribution >= 4 is 5.97 Å². The lowest BCUT2D eigenvalue weighted by atomic mass is 9.76. The van der Waals surface area contributed by atoms with Crippen LogP contribution < -0.4 is 9.47 Å². The van der Waals surface area contributed by atoms with Crippen LogP contribution in [0, 0.1) is 0 Å². The van der Waals surface area contributed by atoms with Gasteiger partial charge in [-0.2, -0.15) is 0 Å². The van der Waals surface area contributed by atoms with Gasteiger partial charge < -0.3 is 19.3 Å². The second-order valence-electron chi connectivity index (χ2n) is 4.44. The molecule has 0 unspecified atom stereocenters. The summed E-state index contributed by atoms with van der Waals surface area (Å²) in [6, 6.07) is 5.44. The molecule has 1 heterocycles. The normalized spacial score (nSPS) is 16.8. The molecule has 98 valence electrons. The molecule has 1 aliphatic heterocycles. The maximum atomic E-state index is 11.0. The maximum Gasteiger partial charge on any atom is 0.304 e. The summed E-state index contributed by atoms with van der Waals surface area (Å²) < 4.78 is 15.6. The van der Waals surface area contributed by atoms with E-state index in [0.29, 0.717) is 24.7 Å². The van der Waals surface area contributed by atoms with Gasteiger partial charge in [-0.15, -0.1) is 0 Å². The van der Waals surface area contributed by atoms with Crippen LogP contribution in [0.4, 0.5) is 0 Å². The van der Waals surface area contributed by atoms with Crippen molar-refractivity contribution in [3.63, 3.8) is 0 Å². The van der Waals surface area contributed by atoms with Crippen LogP contribution in [0.1, 0.15) is 12.0 Å². The summed E-state index contributed by atoms with van der Waals surface area (Å²) in [7, 11) is 3.14. The molecule has 5 nitrogen and oxygen atoms in total. The van der Waals surface area contributed by atoms with Gasteiger partial charge in [0.05, 0.1) is 39.3 Å². The van der Waals surface area contributed by atoms with Crippen LogP contribution in [0.25, 0.3) is 0 Å². The van der Waals surface area contributed by atoms with Gasteiger partial charge in [-0.3, -0.25) is 4.79 Å². The summed E-state index contributed by atoms with van der Waals surface area (Å²) in [4.78, 5) is 11.0. The highest BCUT2D eigenvalue weighted by Gasteiger charge is 2.42. The molecule has 18 heavy (non-hydrogen) atoms. The smallest absolute Gasteiger partial charge is 0.304 e. The molecule has 1 saturated heterocycles. The fourth-order valence-corrected chi connectivity index (χ4v) is 2.12. The third-order valence-electron chi connectivity index (χ3n) is 3.21. The van der Waals surface area contributed by atoms with E-state index in [4.69, 9.17) is 19.3 Å². The van der Waals surface area contributed by atoms with Crippen molar-refractivity contribution in [2.75, 3.05) is 27.4 Å². The number of carboxylic acids is 1. The van der Waals surface area contributed by atoms with Crippen LogP contribution in [-0.4, -0.2) is 38.5 Å². The minimum absolute atomic E-state index is 0.0450. The topological polar surface area (TPSA) is 65.0 Å². The number of aliphatic carboxylic acids is 1. The number of benzene rings is 1. The van der Waals surface area contributed by atoms with Crippen molar-refractivity contribution in [1.82, 2.24) is 0 Å². The second kappa shape index (κ2) is 4.86. The van der Waals surface area contributed by atoms with Crippen molar-refractivity contribution in [3.8, 4) is 11.5 Å². The van der Waals surface area contributed by atoms with Gasteiger partial charge in [0, 0.05) is 6.07 Å². The lowest BCUT2D eigenvalue weighted by Gasteiger charge is -2.41. The van der Waals surface area contributed by atoms with E-state index in [-0.39, 0.29) is 6.42 Å². The standard InChI is InChI=1S/C13H16O5/c1-16-10-3-9(4-11(5-10)17-2)13(6-12(14)15)7-18-8-13/h3-5H,6-8H2,1-2H3,(H,14,15). The molecule has 1 N–H and O–H groups in total. The first-order valence-electron chi connectivity index (χ1n) is 5.63. The SMILES string of the molecule is COc1cc(OC)cc(C2(CC(=O)O)COC2)c1. The third kappa shape index (κ3) is 2.26. The number of hydrogen-bond acceptors (Lipinski definition) is 4. The predicted molar refractivity (Wildman–Crippen MR) is 64.3 cm³/mol. The third-order valence-corrected chi connectivity index (χ3v) is 3.21. The van der Waals surface area contributed by atoms with Crippen molar-refractivity contribution in [2.45, 2.75) is 11.8 Å². The molecule has 1 fully saturated rings. The highest BCUT2D eigenvalue weighted by molar-refractivity contribution is 5.69. The first-order valence-corrected chi connectivity index (χ1v) is 5.63. The molecule has 1 aromatic carbocycles. The average molecular weight is 252 g/mol. The predicted octanol–water partition coefficient (Wildman–Crippen LogP) is 1.45. The van der Waals surface area contributed by atoms with E-state index in [2.05, 4.69) is 0 Å². The summed E-state index contributed by atoms with van der Waals surface area (Å²) in [6.45, 7) is 0.825. The zero-order valence-corrected chi connectivity index (χ0v) is 10.4. The Hall–Kier alpha value is -1.75. The van der Waals surface area contributed by atoms with E-state index in [9.17, 15) is 4.79 Å². The largest absolute Gasteiger partial charge is 0.497 e. The van der Waals surface area contributed by atoms with Gasteiger partial charge in [0.25, 0.3) is 0 Å². The lowest BCUT2D eigenvalue weighted by molar-refractivity contribution is -0.145. The molecule has 1 aliphatic rings. The number of ether oxygens (including phenoxy) is 3. The first-order chi connectivity index (χ1) is 8.59. The molecule has 2 rings (SSSR count). The second-order valence-corrected chi connectivity index (χ2v) is 4.44. The number of methoxy groups -OCH3 is 2. The van der Waals surface area contributed by atoms with Gasteiger partial charge in [-0.1, -0.05) is 0 Å². The Morgan fingerprint density at radius 3 is 2.17 bits per heavy atom. The maximum absolute atomic E-state index is 11.0. The molecule has 0 saturated carbocycles. The lowest BCUT2D eigenvalue weighted by Crippen LogP contribution is -2.48. The first kappa shape index (κ1) is 12.7. The van der Waals surface area contributed by atoms with E-state index in [1.54, 1.807) is 20.3 Å². The molecule has 0 aliphatic carbocycles. The number of carboxylic acid groups (broad SMARTS) is 1. The highest BCUT2D eigenvalue weighted by atomic mass is 16.5. The molecule has 0 radical (unpaired) electrons. The number of hydrogen-bond donors (Lipinski definition) is 1. The fraction of sp³-hybridized carbons (Fsp3) is 0.462. The Morgan fingerprint density at radius 1 is 1.28 bits per heavy atom. The summed E-state index contributed by atoms with van der Waals surface area (Å²) >= 11 is 0. The minimum atomic E-state index is -0.833. The van der Waals surface area contributed by atoms with Gasteiger partial charge >= 0.3 is 5.97 Å². The summed E-state index contributed by atoms with van der Waals surface area (Å²) in [5, 5.41) is 9.01. The van der Waals surface area contributed by atoms with Gasteiger partial charge in [-0.25, -0.2) is 0 Å².